The fourth-order valence-corrected chi connectivity index (χ4v) is 9.48. The fraction of sp³-hybridized carbons (Fsp3) is 0.871. The van der Waals surface area contributed by atoms with Crippen molar-refractivity contribution in [3.63, 3.8) is 0 Å². The highest BCUT2D eigenvalue weighted by Crippen LogP contribution is 2.69. The number of rotatable bonds is 30. The molecule has 19 heteroatoms. The maximum absolute atomic E-state index is 14.6. The average Bonchev–Trinajstić information content (AvgIpc) is 3.40. The Morgan fingerprint density at radius 3 is 1.78 bits per heavy atom. The number of halogens is 1. The molecule has 0 amide bonds. The first-order valence-electron chi connectivity index (χ1n) is 18.0. The summed E-state index contributed by atoms with van der Waals surface area (Å²) in [5.41, 5.74) is -1.52. The molecule has 4 unspecified atom stereocenters. The topological polar surface area (TPSA) is 202 Å². The number of alkyl halides is 1. The van der Waals surface area contributed by atoms with Gasteiger partial charge in [-0.1, -0.05) is 117 Å². The molecule has 0 spiro atoms. The number of aromatic nitrogens is 2. The van der Waals surface area contributed by atoms with Gasteiger partial charge in [0.1, 0.15) is 18.5 Å². The summed E-state index contributed by atoms with van der Waals surface area (Å²) in [7, 11) is -15.7. The molecular formula is C31H58FN2O13P3. The van der Waals surface area contributed by atoms with Gasteiger partial charge in [-0.15, -0.1) is 0 Å². The van der Waals surface area contributed by atoms with Crippen LogP contribution < -0.4 is 11.2 Å². The summed E-state index contributed by atoms with van der Waals surface area (Å²) in [5, 5.41) is 0. The van der Waals surface area contributed by atoms with Gasteiger partial charge in [0.05, 0.1) is 19.8 Å². The first-order valence-corrected chi connectivity index (χ1v) is 22.5. The Morgan fingerprint density at radius 1 is 0.760 bits per heavy atom. The molecule has 1 aliphatic rings. The maximum Gasteiger partial charge on any atom is 0.490 e. The third-order valence-electron chi connectivity index (χ3n) is 8.13. The summed E-state index contributed by atoms with van der Waals surface area (Å²) >= 11 is 0. The van der Waals surface area contributed by atoms with Gasteiger partial charge < -0.3 is 14.5 Å². The minimum absolute atomic E-state index is 0.119. The maximum atomic E-state index is 14.6. The Hall–Kier alpha value is -1.02. The molecule has 1 aromatic heterocycles. The van der Waals surface area contributed by atoms with Gasteiger partial charge in [-0.3, -0.25) is 27.9 Å². The van der Waals surface area contributed by atoms with Crippen LogP contribution >= 0.6 is 23.5 Å². The number of hydrogen-bond acceptors (Lipinski definition) is 11. The first-order chi connectivity index (χ1) is 23.8. The minimum atomic E-state index is -5.59. The van der Waals surface area contributed by atoms with Crippen LogP contribution in [0.1, 0.15) is 142 Å². The predicted octanol–water partition coefficient (Wildman–Crippen LogP) is 8.62. The highest BCUT2D eigenvalue weighted by Gasteiger charge is 2.45. The van der Waals surface area contributed by atoms with Gasteiger partial charge in [-0.2, -0.15) is 8.62 Å². The zero-order valence-corrected chi connectivity index (χ0v) is 32.2. The van der Waals surface area contributed by atoms with Crippen molar-refractivity contribution in [1.29, 1.82) is 0 Å². The van der Waals surface area contributed by atoms with Crippen molar-refractivity contribution in [2.75, 3.05) is 19.8 Å². The smallest absolute Gasteiger partial charge is 0.349 e. The summed E-state index contributed by atoms with van der Waals surface area (Å²) < 4.78 is 83.1. The quantitative estimate of drug-likeness (QED) is 0.0495. The Labute approximate surface area is 294 Å². The van der Waals surface area contributed by atoms with Gasteiger partial charge in [0.15, 0.2) is 0 Å². The number of ether oxygens (including phenoxy) is 1. The number of phosphoric ester groups is 2. The molecule has 6 atom stereocenters. The van der Waals surface area contributed by atoms with Crippen molar-refractivity contribution >= 4 is 23.5 Å². The van der Waals surface area contributed by atoms with Gasteiger partial charge in [0, 0.05) is 18.7 Å². The van der Waals surface area contributed by atoms with Crippen LogP contribution in [0.4, 0.5) is 4.39 Å². The molecule has 1 aromatic rings. The molecule has 0 aliphatic carbocycles. The molecule has 1 aliphatic heterocycles. The number of hydrogen-bond donors (Lipinski definition) is 3. The number of unbranched alkanes of at least 4 members (excludes halogenated alkanes) is 16. The van der Waals surface area contributed by atoms with E-state index in [0.29, 0.717) is 19.3 Å². The fourth-order valence-electron chi connectivity index (χ4n) is 5.36. The summed E-state index contributed by atoms with van der Waals surface area (Å²) in [6.45, 7) is 2.88. The number of nitrogens with zero attached hydrogens (tertiary/aromatic N) is 1. The zero-order valence-electron chi connectivity index (χ0n) is 29.5. The van der Waals surface area contributed by atoms with E-state index in [0.717, 1.165) is 42.5 Å². The van der Waals surface area contributed by atoms with E-state index < -0.39 is 59.8 Å². The van der Waals surface area contributed by atoms with Gasteiger partial charge in [-0.25, -0.2) is 22.9 Å². The van der Waals surface area contributed by atoms with E-state index in [2.05, 4.69) is 20.1 Å². The van der Waals surface area contributed by atoms with E-state index in [1.54, 1.807) is 0 Å². The zero-order chi connectivity index (χ0) is 36.9. The lowest BCUT2D eigenvalue weighted by Gasteiger charge is -2.22. The highest BCUT2D eigenvalue weighted by molar-refractivity contribution is 7.67. The highest BCUT2D eigenvalue weighted by atomic mass is 31.3. The molecule has 1 saturated heterocycles. The van der Waals surface area contributed by atoms with Gasteiger partial charge in [0.2, 0.25) is 0 Å². The molecule has 2 heterocycles. The van der Waals surface area contributed by atoms with Crippen molar-refractivity contribution < 1.29 is 54.8 Å². The van der Waals surface area contributed by atoms with Crippen LogP contribution in [0.5, 0.6) is 0 Å². The van der Waals surface area contributed by atoms with E-state index in [9.17, 15) is 37.5 Å². The van der Waals surface area contributed by atoms with Gasteiger partial charge in [-0.05, 0) is 12.8 Å². The molecule has 0 radical (unpaired) electrons. The molecule has 0 bridgehead atoms. The molecule has 2 rings (SSSR count). The van der Waals surface area contributed by atoms with Crippen molar-refractivity contribution in [1.82, 2.24) is 9.55 Å². The van der Waals surface area contributed by atoms with Crippen LogP contribution in [0.2, 0.25) is 0 Å². The monoisotopic (exact) mass is 778 g/mol. The van der Waals surface area contributed by atoms with Crippen molar-refractivity contribution in [3.05, 3.63) is 33.1 Å². The Bertz CT molecular complexity index is 1350. The number of phosphoric acid groups is 3. The first kappa shape index (κ1) is 45.1. The number of H-pyrrole nitrogens is 1. The van der Waals surface area contributed by atoms with Crippen LogP contribution in [-0.2, 0) is 40.6 Å². The van der Waals surface area contributed by atoms with Crippen LogP contribution in [0.3, 0.4) is 0 Å². The van der Waals surface area contributed by atoms with E-state index in [4.69, 9.17) is 13.8 Å². The van der Waals surface area contributed by atoms with Crippen LogP contribution in [0.15, 0.2) is 21.9 Å². The lowest BCUT2D eigenvalue weighted by Crippen LogP contribution is -2.31. The predicted molar refractivity (Wildman–Crippen MR) is 186 cm³/mol. The van der Waals surface area contributed by atoms with Crippen LogP contribution in [0, 0.1) is 0 Å². The van der Waals surface area contributed by atoms with E-state index in [1.807, 2.05) is 11.9 Å². The Morgan fingerprint density at radius 2 is 1.26 bits per heavy atom. The molecule has 0 saturated carbocycles. The lowest BCUT2D eigenvalue weighted by atomic mass is 10.0. The number of aromatic amines is 1. The molecule has 1 fully saturated rings. The molecular weight excluding hydrogens is 720 g/mol. The van der Waals surface area contributed by atoms with E-state index in [-0.39, 0.29) is 19.6 Å². The molecule has 3 N–H and O–H groups in total. The summed E-state index contributed by atoms with van der Waals surface area (Å²) in [6, 6.07) is 1.03. The Kier molecular flexibility index (Phi) is 22.0. The second-order valence-electron chi connectivity index (χ2n) is 12.6. The minimum Gasteiger partial charge on any atom is -0.349 e. The molecule has 15 nitrogen and oxygen atoms in total. The Balaban J connectivity index is 1.71. The summed E-state index contributed by atoms with van der Waals surface area (Å²) in [4.78, 5) is 45.5. The second kappa shape index (κ2) is 24.3. The van der Waals surface area contributed by atoms with Crippen molar-refractivity contribution in [3.8, 4) is 0 Å². The standard InChI is InChI=1S/C31H58FN2O13P3/c1-3-5-7-8-9-10-11-12-13-14-15-16-17-18-19-20-24-43-50(41,42-23-6-4-2)47-49(39,40)46-48(37,38)44-26-28-27(32)25-30(45-28)34-22-21-29(35)33-31(34)36/h21-22,27-28,30H,3-20,23-26H2,1-2H3,(H,37,38)(H,39,40)(H,33,35,36)/t27?,28-,30-,50?/m1/s1. The third-order valence-corrected chi connectivity index (χ3v) is 12.9. The largest absolute Gasteiger partial charge is 0.490 e. The average molecular weight is 779 g/mol. The van der Waals surface area contributed by atoms with Gasteiger partial charge in [0.25, 0.3) is 5.56 Å². The number of nitrogens with one attached hydrogen (secondary N) is 1. The van der Waals surface area contributed by atoms with Crippen molar-refractivity contribution in [2.45, 2.75) is 154 Å². The summed E-state index contributed by atoms with van der Waals surface area (Å²) in [5.74, 6) is 0. The van der Waals surface area contributed by atoms with Crippen molar-refractivity contribution in [2.24, 2.45) is 0 Å². The third kappa shape index (κ3) is 19.2. The second-order valence-corrected chi connectivity index (χ2v) is 17.4. The SMILES string of the molecule is CCCCCCCCCCCCCCCCCCOP(=O)(OCCCC)OP(=O)(O)OP(=O)(O)OC[C@H]1O[C@@H](n2ccc(=O)[nH]c2=O)CC1F. The van der Waals surface area contributed by atoms with Crippen LogP contribution in [-0.4, -0.2) is 51.4 Å². The summed E-state index contributed by atoms with van der Waals surface area (Å²) in [6.07, 6.45) is 16.0. The molecule has 50 heavy (non-hydrogen) atoms. The lowest BCUT2D eigenvalue weighted by molar-refractivity contribution is -0.0350. The molecule has 292 valence electrons. The van der Waals surface area contributed by atoms with Gasteiger partial charge >= 0.3 is 29.2 Å². The molecule has 0 aromatic carbocycles. The van der Waals surface area contributed by atoms with E-state index >= 15 is 0 Å². The van der Waals surface area contributed by atoms with Crippen LogP contribution in [0.25, 0.3) is 0 Å². The normalized spacial score (nSPS) is 21.5. The van der Waals surface area contributed by atoms with E-state index in [1.165, 1.54) is 70.6 Å².